The third-order valence-electron chi connectivity index (χ3n) is 2.91. The average Bonchev–Trinajstić information content (AvgIpc) is 2.23. The maximum Gasteiger partial charge on any atom is 0.225 e. The number of anilines is 1. The van der Waals surface area contributed by atoms with Crippen molar-refractivity contribution in [1.29, 1.82) is 0 Å². The molecule has 1 aromatic rings. The topological polar surface area (TPSA) is 29.0 Å². The Morgan fingerprint density at radius 1 is 1.38 bits per heavy atom. The minimum absolute atomic E-state index is 0.628. The molecule has 0 saturated heterocycles. The highest BCUT2D eigenvalue weighted by atomic mass is 127. The van der Waals surface area contributed by atoms with Gasteiger partial charge in [0.1, 0.15) is 0 Å². The van der Waals surface area contributed by atoms with E-state index in [1.165, 1.54) is 19.3 Å². The predicted octanol–water partition coefficient (Wildman–Crippen LogP) is 3.07. The van der Waals surface area contributed by atoms with E-state index in [1.54, 1.807) is 0 Å². The van der Waals surface area contributed by atoms with Crippen LogP contribution in [-0.4, -0.2) is 28.4 Å². The quantitative estimate of drug-likeness (QED) is 0.603. The van der Waals surface area contributed by atoms with Gasteiger partial charge in [-0.25, -0.2) is 9.97 Å². The summed E-state index contributed by atoms with van der Waals surface area (Å²) in [4.78, 5) is 11.1. The van der Waals surface area contributed by atoms with E-state index in [-0.39, 0.29) is 0 Å². The smallest absolute Gasteiger partial charge is 0.225 e. The fourth-order valence-corrected chi connectivity index (χ4v) is 2.23. The molecule has 0 amide bonds. The number of alkyl halides is 1. The van der Waals surface area contributed by atoms with Gasteiger partial charge in [-0.05, 0) is 48.3 Å². The second-order valence-electron chi connectivity index (χ2n) is 4.02. The van der Waals surface area contributed by atoms with Crippen molar-refractivity contribution < 1.29 is 0 Å². The number of hydrogen-bond donors (Lipinski definition) is 0. The SMILES string of the molecule is ClCCCN(c1ncc(I)cn1)C1CCC1. The monoisotopic (exact) mass is 351 g/mol. The van der Waals surface area contributed by atoms with Crippen LogP contribution in [0.5, 0.6) is 0 Å². The lowest BCUT2D eigenvalue weighted by Crippen LogP contribution is -2.42. The summed E-state index contributed by atoms with van der Waals surface area (Å²) < 4.78 is 1.08. The highest BCUT2D eigenvalue weighted by Crippen LogP contribution is 2.27. The van der Waals surface area contributed by atoms with Gasteiger partial charge in [-0.15, -0.1) is 11.6 Å². The Morgan fingerprint density at radius 3 is 2.56 bits per heavy atom. The Balaban J connectivity index is 2.07. The summed E-state index contributed by atoms with van der Waals surface area (Å²) >= 11 is 7.98. The molecule has 0 aromatic carbocycles. The van der Waals surface area contributed by atoms with Gasteiger partial charge in [0.15, 0.2) is 0 Å². The minimum Gasteiger partial charge on any atom is -0.338 e. The fourth-order valence-electron chi connectivity index (χ4n) is 1.83. The van der Waals surface area contributed by atoms with E-state index in [0.717, 1.165) is 22.5 Å². The summed E-state index contributed by atoms with van der Waals surface area (Å²) in [5, 5.41) is 0. The summed E-state index contributed by atoms with van der Waals surface area (Å²) in [5.41, 5.74) is 0. The lowest BCUT2D eigenvalue weighted by atomic mass is 9.91. The Hall–Kier alpha value is -0.100. The summed E-state index contributed by atoms with van der Waals surface area (Å²) in [6.45, 7) is 0.967. The molecule has 1 aliphatic carbocycles. The van der Waals surface area contributed by atoms with Crippen LogP contribution in [0.1, 0.15) is 25.7 Å². The summed E-state index contributed by atoms with van der Waals surface area (Å²) in [5.74, 6) is 1.56. The van der Waals surface area contributed by atoms with E-state index in [1.807, 2.05) is 12.4 Å². The summed E-state index contributed by atoms with van der Waals surface area (Å²) in [6.07, 6.45) is 8.58. The second-order valence-corrected chi connectivity index (χ2v) is 5.65. The van der Waals surface area contributed by atoms with Crippen molar-refractivity contribution >= 4 is 40.1 Å². The Morgan fingerprint density at radius 2 is 2.06 bits per heavy atom. The van der Waals surface area contributed by atoms with Crippen molar-refractivity contribution in [2.75, 3.05) is 17.3 Å². The van der Waals surface area contributed by atoms with Crippen LogP contribution in [0, 0.1) is 3.57 Å². The van der Waals surface area contributed by atoms with Crippen LogP contribution in [-0.2, 0) is 0 Å². The molecule has 5 heteroatoms. The van der Waals surface area contributed by atoms with Gasteiger partial charge in [-0.1, -0.05) is 0 Å². The Bertz CT molecular complexity index is 327. The van der Waals surface area contributed by atoms with Gasteiger partial charge in [0.2, 0.25) is 5.95 Å². The van der Waals surface area contributed by atoms with Crippen LogP contribution in [0.4, 0.5) is 5.95 Å². The first-order valence-electron chi connectivity index (χ1n) is 5.61. The summed E-state index contributed by atoms with van der Waals surface area (Å²) in [7, 11) is 0. The predicted molar refractivity (Wildman–Crippen MR) is 75.1 cm³/mol. The van der Waals surface area contributed by atoms with E-state index in [9.17, 15) is 0 Å². The van der Waals surface area contributed by atoms with Crippen LogP contribution in [0.3, 0.4) is 0 Å². The largest absolute Gasteiger partial charge is 0.338 e. The van der Waals surface area contributed by atoms with E-state index < -0.39 is 0 Å². The maximum atomic E-state index is 5.76. The molecule has 2 rings (SSSR count). The molecule has 1 aliphatic rings. The van der Waals surface area contributed by atoms with Gasteiger partial charge in [0.05, 0.1) is 0 Å². The van der Waals surface area contributed by atoms with Crippen LogP contribution in [0.25, 0.3) is 0 Å². The average molecular weight is 352 g/mol. The van der Waals surface area contributed by atoms with Crippen molar-refractivity contribution in [3.63, 3.8) is 0 Å². The number of nitrogens with zero attached hydrogens (tertiary/aromatic N) is 3. The van der Waals surface area contributed by atoms with Crippen LogP contribution in [0.15, 0.2) is 12.4 Å². The van der Waals surface area contributed by atoms with Gasteiger partial charge < -0.3 is 4.90 Å². The molecule has 0 spiro atoms. The molecule has 3 nitrogen and oxygen atoms in total. The zero-order valence-corrected chi connectivity index (χ0v) is 12.0. The first kappa shape index (κ1) is 12.4. The maximum absolute atomic E-state index is 5.76. The zero-order valence-electron chi connectivity index (χ0n) is 9.07. The third-order valence-corrected chi connectivity index (χ3v) is 3.74. The van der Waals surface area contributed by atoms with Crippen molar-refractivity contribution in [2.24, 2.45) is 0 Å². The summed E-state index contributed by atoms with van der Waals surface area (Å²) in [6, 6.07) is 0.628. The minimum atomic E-state index is 0.628. The highest BCUT2D eigenvalue weighted by molar-refractivity contribution is 14.1. The number of hydrogen-bond acceptors (Lipinski definition) is 3. The first-order chi connectivity index (χ1) is 7.81. The van der Waals surface area contributed by atoms with Gasteiger partial charge in [-0.2, -0.15) is 0 Å². The molecular formula is C11H15ClIN3. The Kier molecular flexibility index (Phi) is 4.64. The first-order valence-corrected chi connectivity index (χ1v) is 7.23. The van der Waals surface area contributed by atoms with Crippen LogP contribution >= 0.6 is 34.2 Å². The number of rotatable bonds is 5. The molecule has 0 aliphatic heterocycles. The van der Waals surface area contributed by atoms with Gasteiger partial charge >= 0.3 is 0 Å². The molecule has 88 valence electrons. The molecule has 0 N–H and O–H groups in total. The highest BCUT2D eigenvalue weighted by Gasteiger charge is 2.26. The van der Waals surface area contributed by atoms with Gasteiger partial charge in [0.25, 0.3) is 0 Å². The molecule has 0 atom stereocenters. The van der Waals surface area contributed by atoms with Crippen LogP contribution < -0.4 is 4.90 Å². The molecule has 1 aromatic heterocycles. The van der Waals surface area contributed by atoms with Crippen molar-refractivity contribution in [3.8, 4) is 0 Å². The zero-order chi connectivity index (χ0) is 11.4. The standard InChI is InChI=1S/C11H15ClIN3/c12-5-2-6-16(10-3-1-4-10)11-14-7-9(13)8-15-11/h7-8,10H,1-6H2. The van der Waals surface area contributed by atoms with E-state index in [4.69, 9.17) is 11.6 Å². The lowest BCUT2D eigenvalue weighted by molar-refractivity contribution is 0.381. The lowest BCUT2D eigenvalue weighted by Gasteiger charge is -2.37. The molecule has 0 radical (unpaired) electrons. The normalized spacial score (nSPS) is 15.9. The number of halogens is 2. The van der Waals surface area contributed by atoms with Crippen LogP contribution in [0.2, 0.25) is 0 Å². The second kappa shape index (κ2) is 6.00. The van der Waals surface area contributed by atoms with Gasteiger partial charge in [0, 0.05) is 34.4 Å². The van der Waals surface area contributed by atoms with E-state index >= 15 is 0 Å². The van der Waals surface area contributed by atoms with Gasteiger partial charge in [-0.3, -0.25) is 0 Å². The Labute approximate surface area is 115 Å². The van der Waals surface area contributed by atoms with E-state index in [0.29, 0.717) is 11.9 Å². The molecule has 1 heterocycles. The number of aromatic nitrogens is 2. The van der Waals surface area contributed by atoms with Crippen molar-refractivity contribution in [1.82, 2.24) is 9.97 Å². The molecule has 1 saturated carbocycles. The molecule has 1 fully saturated rings. The molecular weight excluding hydrogens is 336 g/mol. The van der Waals surface area contributed by atoms with Crippen molar-refractivity contribution in [2.45, 2.75) is 31.7 Å². The molecule has 16 heavy (non-hydrogen) atoms. The van der Waals surface area contributed by atoms with E-state index in [2.05, 4.69) is 37.5 Å². The molecule has 0 bridgehead atoms. The molecule has 0 unspecified atom stereocenters. The fraction of sp³-hybridized carbons (Fsp3) is 0.636. The third kappa shape index (κ3) is 2.97. The van der Waals surface area contributed by atoms with Crippen molar-refractivity contribution in [3.05, 3.63) is 16.0 Å².